The molecule has 3 aromatic rings. The summed E-state index contributed by atoms with van der Waals surface area (Å²) in [6.45, 7) is 0.230. The van der Waals surface area contributed by atoms with Crippen LogP contribution >= 0.6 is 27.5 Å². The van der Waals surface area contributed by atoms with E-state index in [1.165, 1.54) is 12.1 Å². The molecule has 8 heteroatoms. The Labute approximate surface area is 156 Å². The van der Waals surface area contributed by atoms with Crippen LogP contribution in [0.3, 0.4) is 0 Å². The van der Waals surface area contributed by atoms with Gasteiger partial charge in [0.1, 0.15) is 18.2 Å². The molecule has 5 nitrogen and oxygen atoms in total. The molecule has 0 unspecified atom stereocenters. The molecule has 0 saturated heterocycles. The standard InChI is InChI=1S/C17H12BrClFN3O2/c18-13-7-10(2-6-16-22-23-17(21)25-16)1-5-15(13)24-9-11-3-4-12(20)8-14(11)19/h1-8H,9H2,(H2,21,23)/b6-2+. The van der Waals surface area contributed by atoms with Crippen molar-refractivity contribution in [2.45, 2.75) is 6.61 Å². The lowest BCUT2D eigenvalue weighted by atomic mass is 10.2. The van der Waals surface area contributed by atoms with Gasteiger partial charge in [-0.25, -0.2) is 4.39 Å². The highest BCUT2D eigenvalue weighted by molar-refractivity contribution is 9.10. The van der Waals surface area contributed by atoms with E-state index in [1.54, 1.807) is 18.2 Å². The molecule has 1 heterocycles. The number of rotatable bonds is 5. The molecule has 25 heavy (non-hydrogen) atoms. The highest BCUT2D eigenvalue weighted by Gasteiger charge is 2.06. The molecule has 0 aliphatic carbocycles. The summed E-state index contributed by atoms with van der Waals surface area (Å²) in [5.74, 6) is 0.577. The molecule has 0 atom stereocenters. The van der Waals surface area contributed by atoms with Crippen molar-refractivity contribution in [3.05, 3.63) is 68.7 Å². The summed E-state index contributed by atoms with van der Waals surface area (Å²) in [5.41, 5.74) is 6.96. The molecule has 2 aromatic carbocycles. The van der Waals surface area contributed by atoms with Crippen molar-refractivity contribution in [1.29, 1.82) is 0 Å². The fourth-order valence-corrected chi connectivity index (χ4v) is 2.75. The average Bonchev–Trinajstić information content (AvgIpc) is 2.99. The van der Waals surface area contributed by atoms with E-state index in [-0.39, 0.29) is 18.4 Å². The summed E-state index contributed by atoms with van der Waals surface area (Å²) in [6, 6.07) is 9.76. The molecule has 2 N–H and O–H groups in total. The number of hydrogen-bond acceptors (Lipinski definition) is 5. The number of nitrogens with two attached hydrogens (primary N) is 1. The van der Waals surface area contributed by atoms with Crippen LogP contribution in [0.4, 0.5) is 10.4 Å². The molecule has 0 saturated carbocycles. The summed E-state index contributed by atoms with van der Waals surface area (Å²) in [7, 11) is 0. The minimum atomic E-state index is -0.380. The predicted octanol–water partition coefficient (Wildman–Crippen LogP) is 4.96. The Morgan fingerprint density at radius 3 is 2.72 bits per heavy atom. The van der Waals surface area contributed by atoms with Gasteiger partial charge in [-0.2, -0.15) is 0 Å². The fourth-order valence-electron chi connectivity index (χ4n) is 2.01. The van der Waals surface area contributed by atoms with E-state index in [4.69, 9.17) is 26.5 Å². The molecule has 0 aliphatic heterocycles. The van der Waals surface area contributed by atoms with E-state index in [1.807, 2.05) is 18.2 Å². The van der Waals surface area contributed by atoms with Gasteiger partial charge in [0.15, 0.2) is 0 Å². The Morgan fingerprint density at radius 2 is 2.04 bits per heavy atom. The van der Waals surface area contributed by atoms with Crippen LogP contribution in [0.2, 0.25) is 5.02 Å². The van der Waals surface area contributed by atoms with Crippen LogP contribution in [0, 0.1) is 5.82 Å². The first kappa shape index (κ1) is 17.4. The van der Waals surface area contributed by atoms with Gasteiger partial charge in [-0.1, -0.05) is 28.8 Å². The van der Waals surface area contributed by atoms with E-state index in [0.29, 0.717) is 22.2 Å². The molecule has 1 aromatic heterocycles. The summed E-state index contributed by atoms with van der Waals surface area (Å²) in [6.07, 6.45) is 3.46. The van der Waals surface area contributed by atoms with E-state index < -0.39 is 0 Å². The Morgan fingerprint density at radius 1 is 1.20 bits per heavy atom. The number of aromatic nitrogens is 2. The third-order valence-electron chi connectivity index (χ3n) is 3.23. The number of nitrogens with zero attached hydrogens (tertiary/aromatic N) is 2. The van der Waals surface area contributed by atoms with Gasteiger partial charge in [0, 0.05) is 11.6 Å². The smallest absolute Gasteiger partial charge is 0.313 e. The van der Waals surface area contributed by atoms with E-state index in [0.717, 1.165) is 10.0 Å². The molecule has 0 radical (unpaired) electrons. The predicted molar refractivity (Wildman–Crippen MR) is 97.5 cm³/mol. The zero-order valence-corrected chi connectivity index (χ0v) is 15.1. The highest BCUT2D eigenvalue weighted by atomic mass is 79.9. The highest BCUT2D eigenvalue weighted by Crippen LogP contribution is 2.28. The quantitative estimate of drug-likeness (QED) is 0.627. The number of hydrogen-bond donors (Lipinski definition) is 1. The SMILES string of the molecule is Nc1nnc(/C=C/c2ccc(OCc3ccc(F)cc3Cl)c(Br)c2)o1. The lowest BCUT2D eigenvalue weighted by Gasteiger charge is -2.10. The summed E-state index contributed by atoms with van der Waals surface area (Å²) in [4.78, 5) is 0. The van der Waals surface area contributed by atoms with E-state index in [9.17, 15) is 4.39 Å². The van der Waals surface area contributed by atoms with Gasteiger partial charge in [-0.3, -0.25) is 0 Å². The monoisotopic (exact) mass is 423 g/mol. The number of ether oxygens (including phenoxy) is 1. The van der Waals surface area contributed by atoms with Crippen molar-refractivity contribution >= 4 is 45.7 Å². The van der Waals surface area contributed by atoms with Gasteiger partial charge in [0.05, 0.1) is 9.50 Å². The number of nitrogen functional groups attached to an aromatic ring is 1. The van der Waals surface area contributed by atoms with Crippen LogP contribution in [-0.4, -0.2) is 10.2 Å². The van der Waals surface area contributed by atoms with Crippen LogP contribution < -0.4 is 10.5 Å². The normalized spacial score (nSPS) is 11.2. The Balaban J connectivity index is 1.68. The fraction of sp³-hybridized carbons (Fsp3) is 0.0588. The van der Waals surface area contributed by atoms with Crippen LogP contribution in [0.25, 0.3) is 12.2 Å². The molecule has 0 spiro atoms. The van der Waals surface area contributed by atoms with Crippen molar-refractivity contribution < 1.29 is 13.5 Å². The largest absolute Gasteiger partial charge is 0.488 e. The molecule has 0 fully saturated rings. The zero-order valence-electron chi connectivity index (χ0n) is 12.7. The summed E-state index contributed by atoms with van der Waals surface area (Å²) >= 11 is 9.45. The van der Waals surface area contributed by atoms with E-state index in [2.05, 4.69) is 26.1 Å². The van der Waals surface area contributed by atoms with E-state index >= 15 is 0 Å². The average molecular weight is 425 g/mol. The van der Waals surface area contributed by atoms with Crippen LogP contribution in [0.1, 0.15) is 17.0 Å². The lowest BCUT2D eigenvalue weighted by Crippen LogP contribution is -1.97. The van der Waals surface area contributed by atoms with Crippen molar-refractivity contribution in [1.82, 2.24) is 10.2 Å². The van der Waals surface area contributed by atoms with Gasteiger partial charge in [0.25, 0.3) is 0 Å². The van der Waals surface area contributed by atoms with Gasteiger partial charge < -0.3 is 14.9 Å². The second kappa shape index (κ2) is 7.67. The second-order valence-electron chi connectivity index (χ2n) is 5.03. The molecular formula is C17H12BrClFN3O2. The first-order valence-corrected chi connectivity index (χ1v) is 8.32. The lowest BCUT2D eigenvalue weighted by molar-refractivity contribution is 0.304. The molecule has 0 aliphatic rings. The topological polar surface area (TPSA) is 74.2 Å². The minimum Gasteiger partial charge on any atom is -0.488 e. The third-order valence-corrected chi connectivity index (χ3v) is 4.20. The Bertz CT molecular complexity index is 930. The minimum absolute atomic E-state index is 0.0176. The van der Waals surface area contributed by atoms with Gasteiger partial charge >= 0.3 is 6.01 Å². The van der Waals surface area contributed by atoms with Gasteiger partial charge in [-0.15, -0.1) is 5.10 Å². The van der Waals surface area contributed by atoms with Crippen LogP contribution in [0.5, 0.6) is 5.75 Å². The summed E-state index contributed by atoms with van der Waals surface area (Å²) < 4.78 is 24.6. The number of halogens is 3. The summed E-state index contributed by atoms with van der Waals surface area (Å²) in [5, 5.41) is 7.64. The van der Waals surface area contributed by atoms with Crippen LogP contribution in [-0.2, 0) is 6.61 Å². The van der Waals surface area contributed by atoms with Crippen molar-refractivity contribution in [2.75, 3.05) is 5.73 Å². The number of anilines is 1. The second-order valence-corrected chi connectivity index (χ2v) is 6.29. The number of benzene rings is 2. The Kier molecular flexibility index (Phi) is 5.35. The molecular weight excluding hydrogens is 413 g/mol. The molecule has 0 bridgehead atoms. The first-order chi connectivity index (χ1) is 12.0. The Hall–Kier alpha value is -2.38. The van der Waals surface area contributed by atoms with Crippen molar-refractivity contribution in [3.8, 4) is 5.75 Å². The first-order valence-electron chi connectivity index (χ1n) is 7.14. The van der Waals surface area contributed by atoms with Gasteiger partial charge in [0.2, 0.25) is 5.89 Å². The zero-order chi connectivity index (χ0) is 17.8. The maximum Gasteiger partial charge on any atom is 0.313 e. The molecule has 3 rings (SSSR count). The maximum absolute atomic E-state index is 13.1. The third kappa shape index (κ3) is 4.58. The van der Waals surface area contributed by atoms with Gasteiger partial charge in [-0.05, 0) is 51.8 Å². The molecule has 128 valence electrons. The maximum atomic E-state index is 13.1. The van der Waals surface area contributed by atoms with Crippen LogP contribution in [0.15, 0.2) is 45.3 Å². The molecule has 0 amide bonds. The van der Waals surface area contributed by atoms with Crippen molar-refractivity contribution in [3.63, 3.8) is 0 Å². The van der Waals surface area contributed by atoms with Crippen molar-refractivity contribution in [2.24, 2.45) is 0 Å².